The van der Waals surface area contributed by atoms with Crippen LogP contribution in [-0.4, -0.2) is 87.3 Å². The lowest BCUT2D eigenvalue weighted by Crippen LogP contribution is -2.60. The molecular formula is C23H25O12+. The number of aliphatic hydroxyl groups is 4. The van der Waals surface area contributed by atoms with Crippen LogP contribution in [-0.2, 0) is 4.74 Å². The molecule has 1 fully saturated rings. The number of phenols is 3. The molecule has 0 amide bonds. The summed E-state index contributed by atoms with van der Waals surface area (Å²) < 4.78 is 27.5. The van der Waals surface area contributed by atoms with Gasteiger partial charge in [0.05, 0.1) is 32.5 Å². The standard InChI is InChI=1S/C23H24O12/c1-31-14-3-9(4-15(32-2)18(14)27)22-16(7-11-12(26)5-10(25)6-13(11)33-22)34-23-21(30)20(29)19(28)17(8-24)35-23/h3-7,17,19-21,23-24,28-30H,8H2,1-2H3,(H2-,25,26,27)/p+1/t17-,19-,20+,21-,23-/m1/s1. The fourth-order valence-corrected chi connectivity index (χ4v) is 3.79. The molecule has 0 unspecified atom stereocenters. The summed E-state index contributed by atoms with van der Waals surface area (Å²) in [5.74, 6) is -0.928. The first-order chi connectivity index (χ1) is 16.7. The van der Waals surface area contributed by atoms with Crippen LogP contribution < -0.4 is 14.2 Å². The lowest BCUT2D eigenvalue weighted by Gasteiger charge is -2.39. The molecule has 1 aliphatic heterocycles. The molecule has 5 atom stereocenters. The van der Waals surface area contributed by atoms with Crippen LogP contribution in [0.5, 0.6) is 34.5 Å². The molecule has 0 bridgehead atoms. The molecular weight excluding hydrogens is 468 g/mol. The predicted molar refractivity (Wildman–Crippen MR) is 119 cm³/mol. The van der Waals surface area contributed by atoms with Crippen LogP contribution in [0.2, 0.25) is 0 Å². The van der Waals surface area contributed by atoms with Gasteiger partial charge in [0.15, 0.2) is 11.5 Å². The minimum absolute atomic E-state index is 0.0175. The summed E-state index contributed by atoms with van der Waals surface area (Å²) in [7, 11) is 2.66. The van der Waals surface area contributed by atoms with Crippen molar-refractivity contribution in [1.82, 2.24) is 0 Å². The molecule has 188 valence electrons. The third kappa shape index (κ3) is 4.45. The Morgan fingerprint density at radius 3 is 2.11 bits per heavy atom. The summed E-state index contributed by atoms with van der Waals surface area (Å²) >= 11 is 0. The monoisotopic (exact) mass is 493 g/mol. The van der Waals surface area contributed by atoms with Gasteiger partial charge in [-0.2, -0.15) is 0 Å². The molecule has 0 saturated carbocycles. The molecule has 3 aromatic rings. The zero-order chi connectivity index (χ0) is 25.4. The van der Waals surface area contributed by atoms with E-state index in [1.54, 1.807) is 0 Å². The van der Waals surface area contributed by atoms with E-state index in [0.29, 0.717) is 0 Å². The van der Waals surface area contributed by atoms with E-state index in [9.17, 15) is 35.7 Å². The van der Waals surface area contributed by atoms with Crippen molar-refractivity contribution in [1.29, 1.82) is 0 Å². The number of rotatable bonds is 6. The number of methoxy groups -OCH3 is 2. The third-order valence-corrected chi connectivity index (χ3v) is 5.65. The van der Waals surface area contributed by atoms with E-state index in [0.717, 1.165) is 6.07 Å². The van der Waals surface area contributed by atoms with Crippen LogP contribution in [0.15, 0.2) is 34.7 Å². The average molecular weight is 493 g/mol. The minimum Gasteiger partial charge on any atom is -0.507 e. The maximum Gasteiger partial charge on any atom is 0.402 e. The maximum absolute atomic E-state index is 10.4. The van der Waals surface area contributed by atoms with Gasteiger partial charge in [-0.3, -0.25) is 0 Å². The Morgan fingerprint density at radius 1 is 0.857 bits per heavy atom. The SMILES string of the molecule is COc1cc(-c2[o+]c3cc(O)cc(O)c3cc2O[C@@H]2O[C@H](CO)[C@@H](O)[C@H](O)[C@H]2O)cc(OC)c1O. The largest absolute Gasteiger partial charge is 0.507 e. The summed E-state index contributed by atoms with van der Waals surface area (Å²) in [6.45, 7) is -0.661. The first-order valence-electron chi connectivity index (χ1n) is 10.4. The number of aromatic hydroxyl groups is 3. The van der Waals surface area contributed by atoms with E-state index in [4.69, 9.17) is 23.4 Å². The van der Waals surface area contributed by atoms with Crippen molar-refractivity contribution in [2.24, 2.45) is 0 Å². The zero-order valence-corrected chi connectivity index (χ0v) is 18.7. The van der Waals surface area contributed by atoms with E-state index in [-0.39, 0.29) is 56.8 Å². The number of phenolic OH excluding ortho intramolecular Hbond substituents is 3. The molecule has 0 aliphatic carbocycles. The topological polar surface area (TPSA) is 190 Å². The van der Waals surface area contributed by atoms with Crippen LogP contribution >= 0.6 is 0 Å². The number of hydrogen-bond donors (Lipinski definition) is 7. The van der Waals surface area contributed by atoms with Gasteiger partial charge in [-0.05, 0) is 0 Å². The summed E-state index contributed by atoms with van der Waals surface area (Å²) in [6, 6.07) is 6.50. The number of benzene rings is 2. The Balaban J connectivity index is 1.89. The molecule has 1 aliphatic rings. The Bertz CT molecular complexity index is 1200. The van der Waals surface area contributed by atoms with Gasteiger partial charge < -0.3 is 54.7 Å². The highest BCUT2D eigenvalue weighted by atomic mass is 16.7. The van der Waals surface area contributed by atoms with Gasteiger partial charge in [-0.15, -0.1) is 0 Å². The third-order valence-electron chi connectivity index (χ3n) is 5.65. The van der Waals surface area contributed by atoms with Crippen molar-refractivity contribution in [3.8, 4) is 45.8 Å². The lowest BCUT2D eigenvalue weighted by molar-refractivity contribution is -0.277. The van der Waals surface area contributed by atoms with Crippen LogP contribution in [0.1, 0.15) is 0 Å². The number of aliphatic hydroxyl groups excluding tert-OH is 4. The fraction of sp³-hybridized carbons (Fsp3) is 0.348. The first-order valence-corrected chi connectivity index (χ1v) is 10.4. The van der Waals surface area contributed by atoms with E-state index >= 15 is 0 Å². The Labute approximate surface area is 198 Å². The summed E-state index contributed by atoms with van der Waals surface area (Å²) in [4.78, 5) is 0. The Kier molecular flexibility index (Phi) is 6.74. The molecule has 12 heteroatoms. The van der Waals surface area contributed by atoms with E-state index in [1.165, 1.54) is 38.5 Å². The van der Waals surface area contributed by atoms with Crippen LogP contribution in [0.25, 0.3) is 22.3 Å². The smallest absolute Gasteiger partial charge is 0.402 e. The van der Waals surface area contributed by atoms with Gasteiger partial charge >= 0.3 is 11.3 Å². The molecule has 12 nitrogen and oxygen atoms in total. The molecule has 7 N–H and O–H groups in total. The molecule has 1 aromatic heterocycles. The number of fused-ring (bicyclic) bond motifs is 1. The first kappa shape index (κ1) is 24.6. The molecule has 0 spiro atoms. The van der Waals surface area contributed by atoms with E-state index < -0.39 is 37.3 Å². The van der Waals surface area contributed by atoms with Gasteiger partial charge in [-0.1, -0.05) is 0 Å². The van der Waals surface area contributed by atoms with Crippen molar-refractivity contribution < 1.29 is 59.1 Å². The highest BCUT2D eigenvalue weighted by Crippen LogP contribution is 2.45. The van der Waals surface area contributed by atoms with Crippen molar-refractivity contribution in [3.05, 3.63) is 30.3 Å². The molecule has 0 radical (unpaired) electrons. The Hall–Kier alpha value is -3.55. The second-order valence-corrected chi connectivity index (χ2v) is 7.86. The average Bonchev–Trinajstić information content (AvgIpc) is 2.84. The van der Waals surface area contributed by atoms with Gasteiger partial charge in [0.25, 0.3) is 0 Å². The lowest BCUT2D eigenvalue weighted by atomic mass is 9.99. The normalized spacial score (nSPS) is 24.3. The minimum atomic E-state index is -1.71. The van der Waals surface area contributed by atoms with Crippen molar-refractivity contribution in [2.45, 2.75) is 30.7 Å². The summed E-state index contributed by atoms with van der Waals surface area (Å²) in [5.41, 5.74) is 0.325. The number of hydrogen-bond acceptors (Lipinski definition) is 11. The molecule has 1 saturated heterocycles. The summed E-state index contributed by atoms with van der Waals surface area (Å²) in [6.07, 6.45) is -7.77. The molecule has 35 heavy (non-hydrogen) atoms. The highest BCUT2D eigenvalue weighted by molar-refractivity contribution is 5.88. The van der Waals surface area contributed by atoms with Crippen molar-refractivity contribution >= 4 is 11.0 Å². The maximum atomic E-state index is 10.4. The fourth-order valence-electron chi connectivity index (χ4n) is 3.79. The summed E-state index contributed by atoms with van der Waals surface area (Å²) in [5, 5.41) is 70.7. The second kappa shape index (κ2) is 9.60. The molecule has 4 rings (SSSR count). The van der Waals surface area contributed by atoms with Gasteiger partial charge in [0, 0.05) is 24.3 Å². The van der Waals surface area contributed by atoms with Crippen molar-refractivity contribution in [3.63, 3.8) is 0 Å². The van der Waals surface area contributed by atoms with Crippen molar-refractivity contribution in [2.75, 3.05) is 20.8 Å². The molecule has 2 aromatic carbocycles. The quantitative estimate of drug-likeness (QED) is 0.238. The van der Waals surface area contributed by atoms with Gasteiger partial charge in [-0.25, -0.2) is 4.42 Å². The van der Waals surface area contributed by atoms with Crippen LogP contribution in [0.4, 0.5) is 0 Å². The van der Waals surface area contributed by atoms with E-state index in [2.05, 4.69) is 0 Å². The second-order valence-electron chi connectivity index (χ2n) is 7.86. The highest BCUT2D eigenvalue weighted by Gasteiger charge is 2.45. The van der Waals surface area contributed by atoms with Gasteiger partial charge in [0.2, 0.25) is 17.8 Å². The van der Waals surface area contributed by atoms with Crippen LogP contribution in [0, 0.1) is 0 Å². The number of ether oxygens (including phenoxy) is 4. The van der Waals surface area contributed by atoms with Crippen LogP contribution in [0.3, 0.4) is 0 Å². The molecule has 2 heterocycles. The Morgan fingerprint density at radius 2 is 1.51 bits per heavy atom. The van der Waals surface area contributed by atoms with E-state index in [1.807, 2.05) is 0 Å². The zero-order valence-electron chi connectivity index (χ0n) is 18.7. The predicted octanol–water partition coefficient (Wildman–Crippen LogP) is 0.694. The van der Waals surface area contributed by atoms with Gasteiger partial charge in [0.1, 0.15) is 41.3 Å².